The molecule has 0 aromatic carbocycles. The van der Waals surface area contributed by atoms with Crippen LogP contribution in [0, 0.1) is 0 Å². The Labute approximate surface area is 128 Å². The van der Waals surface area contributed by atoms with Crippen molar-refractivity contribution >= 4 is 5.97 Å². The Morgan fingerprint density at radius 1 is 1.10 bits per heavy atom. The summed E-state index contributed by atoms with van der Waals surface area (Å²) in [5.74, 6) is -0.269. The van der Waals surface area contributed by atoms with Crippen molar-refractivity contribution in [3.63, 3.8) is 0 Å². The van der Waals surface area contributed by atoms with Gasteiger partial charge in [-0.25, -0.2) is 4.79 Å². The Hall–Kier alpha value is -0.690. The third-order valence-corrected chi connectivity index (χ3v) is 2.89. The highest BCUT2D eigenvalue weighted by Gasteiger charge is 2.34. The highest BCUT2D eigenvalue weighted by molar-refractivity contribution is 5.80. The number of rotatable bonds is 14. The second kappa shape index (κ2) is 13.0. The van der Waals surface area contributed by atoms with E-state index >= 15 is 0 Å². The van der Waals surface area contributed by atoms with Crippen LogP contribution in [0.3, 0.4) is 0 Å². The molecule has 126 valence electrons. The number of hydrogen-bond acceptors (Lipinski definition) is 6. The summed E-state index contributed by atoms with van der Waals surface area (Å²) in [5, 5.41) is 3.20. The summed E-state index contributed by atoms with van der Waals surface area (Å²) in [4.78, 5) is 12.0. The Morgan fingerprint density at radius 3 is 2.43 bits per heavy atom. The number of hydrogen-bond donors (Lipinski definition) is 1. The molecule has 0 aliphatic rings. The average Bonchev–Trinajstić information content (AvgIpc) is 2.48. The number of ether oxygens (including phenoxy) is 4. The standard InChI is InChI=1S/C15H31NO5/c1-5-8-16-15(3,14(17)21-6-2)13-20-10-7-9-19-12-11-18-4/h16H,5-13H2,1-4H3. The molecule has 6 heteroatoms. The SMILES string of the molecule is CCCNC(C)(COCCCOCCOC)C(=O)OCC. The van der Waals surface area contributed by atoms with Crippen molar-refractivity contribution in [2.24, 2.45) is 0 Å². The molecule has 0 rings (SSSR count). The van der Waals surface area contributed by atoms with Gasteiger partial charge in [0.25, 0.3) is 0 Å². The number of nitrogens with one attached hydrogen (secondary N) is 1. The molecule has 6 nitrogen and oxygen atoms in total. The van der Waals surface area contributed by atoms with Crippen molar-refractivity contribution < 1.29 is 23.7 Å². The summed E-state index contributed by atoms with van der Waals surface area (Å²) >= 11 is 0. The lowest BCUT2D eigenvalue weighted by molar-refractivity contribution is -0.153. The molecule has 1 atom stereocenters. The molecule has 0 bridgehead atoms. The normalized spacial score (nSPS) is 13.9. The molecule has 0 spiro atoms. The molecule has 0 aromatic heterocycles. The molecule has 1 unspecified atom stereocenters. The second-order valence-electron chi connectivity index (χ2n) is 4.99. The molecule has 1 N–H and O–H groups in total. The van der Waals surface area contributed by atoms with E-state index in [0.29, 0.717) is 39.6 Å². The lowest BCUT2D eigenvalue weighted by Crippen LogP contribution is -2.54. The van der Waals surface area contributed by atoms with Crippen molar-refractivity contribution in [2.75, 3.05) is 53.3 Å². The summed E-state index contributed by atoms with van der Waals surface area (Å²) < 4.78 is 20.9. The van der Waals surface area contributed by atoms with Crippen LogP contribution in [0.1, 0.15) is 33.6 Å². The van der Waals surface area contributed by atoms with Gasteiger partial charge in [0.2, 0.25) is 0 Å². The van der Waals surface area contributed by atoms with Gasteiger partial charge in [-0.05, 0) is 33.2 Å². The van der Waals surface area contributed by atoms with E-state index in [1.54, 1.807) is 14.0 Å². The molecule has 0 fully saturated rings. The van der Waals surface area contributed by atoms with E-state index in [1.165, 1.54) is 0 Å². The first-order chi connectivity index (χ1) is 10.1. The van der Waals surface area contributed by atoms with Crippen molar-refractivity contribution in [3.8, 4) is 0 Å². The molecular formula is C15H31NO5. The fraction of sp³-hybridized carbons (Fsp3) is 0.933. The summed E-state index contributed by atoms with van der Waals surface area (Å²) in [5.41, 5.74) is -0.789. The van der Waals surface area contributed by atoms with Crippen LogP contribution in [0.2, 0.25) is 0 Å². The number of carbonyl (C=O) groups is 1. The van der Waals surface area contributed by atoms with E-state index in [0.717, 1.165) is 19.4 Å². The zero-order valence-electron chi connectivity index (χ0n) is 13.9. The third-order valence-electron chi connectivity index (χ3n) is 2.89. The van der Waals surface area contributed by atoms with Gasteiger partial charge in [0.05, 0.1) is 26.4 Å². The molecule has 0 aliphatic carbocycles. The predicted octanol–water partition coefficient (Wildman–Crippen LogP) is 1.38. The van der Waals surface area contributed by atoms with Gasteiger partial charge in [-0.15, -0.1) is 0 Å². The molecule has 0 amide bonds. The van der Waals surface area contributed by atoms with Crippen molar-refractivity contribution in [1.29, 1.82) is 0 Å². The highest BCUT2D eigenvalue weighted by atomic mass is 16.5. The number of esters is 1. The minimum atomic E-state index is -0.789. The largest absolute Gasteiger partial charge is 0.465 e. The third kappa shape index (κ3) is 9.79. The Kier molecular flexibility index (Phi) is 12.6. The molecular weight excluding hydrogens is 274 g/mol. The number of methoxy groups -OCH3 is 1. The van der Waals surface area contributed by atoms with Crippen LogP contribution in [0.25, 0.3) is 0 Å². The van der Waals surface area contributed by atoms with Crippen LogP contribution in [0.15, 0.2) is 0 Å². The maximum absolute atomic E-state index is 12.0. The smallest absolute Gasteiger partial charge is 0.328 e. The topological polar surface area (TPSA) is 66.0 Å². The summed E-state index contributed by atoms with van der Waals surface area (Å²) in [7, 11) is 1.64. The highest BCUT2D eigenvalue weighted by Crippen LogP contribution is 2.08. The molecule has 0 saturated heterocycles. The maximum atomic E-state index is 12.0. The van der Waals surface area contributed by atoms with Gasteiger partial charge in [-0.1, -0.05) is 6.92 Å². The van der Waals surface area contributed by atoms with E-state index in [1.807, 2.05) is 6.92 Å². The first kappa shape index (κ1) is 20.3. The fourth-order valence-corrected chi connectivity index (χ4v) is 1.66. The van der Waals surface area contributed by atoms with Crippen LogP contribution in [-0.4, -0.2) is 64.8 Å². The van der Waals surface area contributed by atoms with Gasteiger partial charge in [0, 0.05) is 20.3 Å². The Morgan fingerprint density at radius 2 is 1.81 bits per heavy atom. The van der Waals surface area contributed by atoms with Gasteiger partial charge in [-0.3, -0.25) is 0 Å². The van der Waals surface area contributed by atoms with Gasteiger partial charge < -0.3 is 24.3 Å². The molecule has 0 saturated carbocycles. The Bertz CT molecular complexity index is 262. The van der Waals surface area contributed by atoms with Crippen molar-refractivity contribution in [1.82, 2.24) is 5.32 Å². The van der Waals surface area contributed by atoms with E-state index in [-0.39, 0.29) is 5.97 Å². The van der Waals surface area contributed by atoms with Crippen LogP contribution < -0.4 is 5.32 Å². The summed E-state index contributed by atoms with van der Waals surface area (Å²) in [6.07, 6.45) is 1.73. The quantitative estimate of drug-likeness (QED) is 0.386. The molecule has 0 radical (unpaired) electrons. The fourth-order valence-electron chi connectivity index (χ4n) is 1.66. The average molecular weight is 305 g/mol. The van der Waals surface area contributed by atoms with Crippen LogP contribution >= 0.6 is 0 Å². The first-order valence-corrected chi connectivity index (χ1v) is 7.67. The first-order valence-electron chi connectivity index (χ1n) is 7.67. The van der Waals surface area contributed by atoms with Crippen LogP contribution in [-0.2, 0) is 23.7 Å². The monoisotopic (exact) mass is 305 g/mol. The van der Waals surface area contributed by atoms with E-state index in [4.69, 9.17) is 18.9 Å². The van der Waals surface area contributed by atoms with Gasteiger partial charge >= 0.3 is 5.97 Å². The van der Waals surface area contributed by atoms with Crippen molar-refractivity contribution in [2.45, 2.75) is 39.2 Å². The van der Waals surface area contributed by atoms with Crippen molar-refractivity contribution in [3.05, 3.63) is 0 Å². The predicted molar refractivity (Wildman–Crippen MR) is 81.5 cm³/mol. The van der Waals surface area contributed by atoms with Gasteiger partial charge in [0.15, 0.2) is 0 Å². The maximum Gasteiger partial charge on any atom is 0.328 e. The minimum Gasteiger partial charge on any atom is -0.465 e. The van der Waals surface area contributed by atoms with Crippen LogP contribution in [0.5, 0.6) is 0 Å². The van der Waals surface area contributed by atoms with Gasteiger partial charge in [-0.2, -0.15) is 0 Å². The van der Waals surface area contributed by atoms with Crippen LogP contribution in [0.4, 0.5) is 0 Å². The summed E-state index contributed by atoms with van der Waals surface area (Å²) in [6.45, 7) is 9.45. The molecule has 0 aromatic rings. The van der Waals surface area contributed by atoms with E-state index in [2.05, 4.69) is 12.2 Å². The van der Waals surface area contributed by atoms with E-state index < -0.39 is 5.54 Å². The minimum absolute atomic E-state index is 0.269. The molecule has 0 aliphatic heterocycles. The lowest BCUT2D eigenvalue weighted by atomic mass is 10.0. The zero-order valence-corrected chi connectivity index (χ0v) is 13.9. The van der Waals surface area contributed by atoms with Gasteiger partial charge in [0.1, 0.15) is 5.54 Å². The summed E-state index contributed by atoms with van der Waals surface area (Å²) in [6, 6.07) is 0. The number of carbonyl (C=O) groups excluding carboxylic acids is 1. The molecule has 21 heavy (non-hydrogen) atoms. The van der Waals surface area contributed by atoms with E-state index in [9.17, 15) is 4.79 Å². The Balaban J connectivity index is 3.93. The zero-order chi connectivity index (χ0) is 16.0. The second-order valence-corrected chi connectivity index (χ2v) is 4.99. The lowest BCUT2D eigenvalue weighted by Gasteiger charge is -2.28. The molecule has 0 heterocycles.